The molecule has 0 bridgehead atoms. The average Bonchev–Trinajstić information content (AvgIpc) is 2.18. The van der Waals surface area contributed by atoms with Crippen molar-refractivity contribution >= 4 is 26.8 Å². The number of nitrogens with zero attached hydrogens (tertiary/aromatic N) is 3. The normalized spacial score (nSPS) is 9.85. The minimum absolute atomic E-state index is 0.548. The largest absolute Gasteiger partial charge is 0.192 e. The molecule has 2 aromatic rings. The molecule has 4 heteroatoms. The van der Waals surface area contributed by atoms with Crippen LogP contribution in [0.2, 0.25) is 0 Å². The van der Waals surface area contributed by atoms with Crippen molar-refractivity contribution < 1.29 is 0 Å². The van der Waals surface area contributed by atoms with E-state index < -0.39 is 0 Å². The van der Waals surface area contributed by atoms with Crippen molar-refractivity contribution in [2.45, 2.75) is 0 Å². The van der Waals surface area contributed by atoms with E-state index in [1.165, 1.54) is 6.20 Å². The second-order valence-corrected chi connectivity index (χ2v) is 3.36. The second kappa shape index (κ2) is 3.11. The molecule has 0 amide bonds. The van der Waals surface area contributed by atoms with Gasteiger partial charge in [0.25, 0.3) is 0 Å². The standard InChI is InChI=1S/C9H4BrN3/c10-8-3-1-2-7-6(4-11)5-12-13-9(7)8/h1-3,5H. The van der Waals surface area contributed by atoms with Gasteiger partial charge >= 0.3 is 0 Å². The van der Waals surface area contributed by atoms with Gasteiger partial charge in [0.05, 0.1) is 11.8 Å². The smallest absolute Gasteiger partial charge is 0.108 e. The molecule has 0 radical (unpaired) electrons. The molecule has 13 heavy (non-hydrogen) atoms. The molecule has 62 valence electrons. The zero-order valence-electron chi connectivity index (χ0n) is 6.53. The van der Waals surface area contributed by atoms with E-state index in [-0.39, 0.29) is 0 Å². The van der Waals surface area contributed by atoms with E-state index in [0.29, 0.717) is 5.56 Å². The lowest BCUT2D eigenvalue weighted by atomic mass is 10.1. The number of halogens is 1. The highest BCUT2D eigenvalue weighted by Crippen LogP contribution is 2.22. The third-order valence-electron chi connectivity index (χ3n) is 1.74. The van der Waals surface area contributed by atoms with Crippen LogP contribution in [0, 0.1) is 11.3 Å². The Balaban J connectivity index is 2.94. The molecule has 1 aromatic carbocycles. The predicted octanol–water partition coefficient (Wildman–Crippen LogP) is 2.26. The topological polar surface area (TPSA) is 49.6 Å². The van der Waals surface area contributed by atoms with E-state index in [1.807, 2.05) is 18.2 Å². The Labute approximate surface area is 83.1 Å². The molecule has 0 N–H and O–H groups in total. The number of nitriles is 1. The minimum Gasteiger partial charge on any atom is -0.192 e. The number of aromatic nitrogens is 2. The fraction of sp³-hybridized carbons (Fsp3) is 0. The highest BCUT2D eigenvalue weighted by molar-refractivity contribution is 9.10. The maximum atomic E-state index is 8.79. The summed E-state index contributed by atoms with van der Waals surface area (Å²) in [5.41, 5.74) is 1.27. The SMILES string of the molecule is N#Cc1cnnc2c(Br)cccc12. The van der Waals surface area contributed by atoms with Crippen LogP contribution >= 0.6 is 15.9 Å². The predicted molar refractivity (Wildman–Crippen MR) is 52.0 cm³/mol. The Morgan fingerprint density at radius 3 is 3.00 bits per heavy atom. The molecule has 0 aliphatic heterocycles. The molecule has 0 aliphatic carbocycles. The fourth-order valence-electron chi connectivity index (χ4n) is 1.14. The van der Waals surface area contributed by atoms with Gasteiger partial charge < -0.3 is 0 Å². The number of hydrogen-bond acceptors (Lipinski definition) is 3. The van der Waals surface area contributed by atoms with Gasteiger partial charge in [-0.05, 0) is 22.0 Å². The van der Waals surface area contributed by atoms with E-state index in [2.05, 4.69) is 32.2 Å². The van der Waals surface area contributed by atoms with E-state index >= 15 is 0 Å². The van der Waals surface area contributed by atoms with Gasteiger partial charge in [0.1, 0.15) is 11.6 Å². The number of fused-ring (bicyclic) bond motifs is 1. The molecule has 0 fully saturated rings. The molecule has 1 heterocycles. The molecular weight excluding hydrogens is 230 g/mol. The van der Waals surface area contributed by atoms with Gasteiger partial charge in [0.15, 0.2) is 0 Å². The molecule has 3 nitrogen and oxygen atoms in total. The van der Waals surface area contributed by atoms with E-state index in [9.17, 15) is 0 Å². The molecule has 0 atom stereocenters. The lowest BCUT2D eigenvalue weighted by molar-refractivity contribution is 1.07. The molecule has 0 aliphatic rings. The van der Waals surface area contributed by atoms with Crippen molar-refractivity contribution in [3.05, 3.63) is 34.4 Å². The van der Waals surface area contributed by atoms with Crippen molar-refractivity contribution in [3.63, 3.8) is 0 Å². The summed E-state index contributed by atoms with van der Waals surface area (Å²) in [6.07, 6.45) is 1.47. The van der Waals surface area contributed by atoms with Crippen molar-refractivity contribution in [3.8, 4) is 6.07 Å². The van der Waals surface area contributed by atoms with Gasteiger partial charge in [-0.2, -0.15) is 10.4 Å². The maximum absolute atomic E-state index is 8.79. The van der Waals surface area contributed by atoms with Crippen molar-refractivity contribution in [2.24, 2.45) is 0 Å². The van der Waals surface area contributed by atoms with E-state index in [4.69, 9.17) is 5.26 Å². The Bertz CT molecular complexity index is 502. The lowest BCUT2D eigenvalue weighted by Gasteiger charge is -1.98. The Hall–Kier alpha value is -1.47. The molecule has 1 aromatic heterocycles. The van der Waals surface area contributed by atoms with Crippen molar-refractivity contribution in [2.75, 3.05) is 0 Å². The fourth-order valence-corrected chi connectivity index (χ4v) is 1.58. The van der Waals surface area contributed by atoms with Crippen LogP contribution in [0.4, 0.5) is 0 Å². The van der Waals surface area contributed by atoms with Crippen LogP contribution in [-0.2, 0) is 0 Å². The first-order chi connectivity index (χ1) is 6.33. The third kappa shape index (κ3) is 1.27. The van der Waals surface area contributed by atoms with Gasteiger partial charge in [-0.15, -0.1) is 5.10 Å². The van der Waals surface area contributed by atoms with Gasteiger partial charge in [0.2, 0.25) is 0 Å². The number of benzene rings is 1. The van der Waals surface area contributed by atoms with Crippen LogP contribution in [0.15, 0.2) is 28.9 Å². The Morgan fingerprint density at radius 1 is 1.38 bits per heavy atom. The van der Waals surface area contributed by atoms with Crippen molar-refractivity contribution in [1.29, 1.82) is 5.26 Å². The molecule has 0 unspecified atom stereocenters. The first-order valence-electron chi connectivity index (χ1n) is 3.63. The molecule has 0 saturated carbocycles. The molecule has 0 spiro atoms. The Morgan fingerprint density at radius 2 is 2.23 bits per heavy atom. The molecular formula is C9H4BrN3. The highest BCUT2D eigenvalue weighted by atomic mass is 79.9. The quantitative estimate of drug-likeness (QED) is 0.702. The van der Waals surface area contributed by atoms with Crippen LogP contribution in [-0.4, -0.2) is 10.2 Å². The first-order valence-corrected chi connectivity index (χ1v) is 4.42. The van der Waals surface area contributed by atoms with Crippen LogP contribution in [0.5, 0.6) is 0 Å². The minimum atomic E-state index is 0.548. The van der Waals surface area contributed by atoms with Crippen LogP contribution in [0.1, 0.15) is 5.56 Å². The maximum Gasteiger partial charge on any atom is 0.108 e. The lowest BCUT2D eigenvalue weighted by Crippen LogP contribution is -1.87. The van der Waals surface area contributed by atoms with Crippen LogP contribution in [0.25, 0.3) is 10.9 Å². The Kier molecular flexibility index (Phi) is 1.95. The van der Waals surface area contributed by atoms with Gasteiger partial charge in [-0.25, -0.2) is 0 Å². The zero-order chi connectivity index (χ0) is 9.26. The summed E-state index contributed by atoms with van der Waals surface area (Å²) in [5, 5.41) is 17.3. The summed E-state index contributed by atoms with van der Waals surface area (Å²) in [4.78, 5) is 0. The summed E-state index contributed by atoms with van der Waals surface area (Å²) in [6.45, 7) is 0. The monoisotopic (exact) mass is 233 g/mol. The zero-order valence-corrected chi connectivity index (χ0v) is 8.12. The van der Waals surface area contributed by atoms with Gasteiger partial charge in [-0.3, -0.25) is 0 Å². The van der Waals surface area contributed by atoms with Gasteiger partial charge in [0, 0.05) is 9.86 Å². The summed E-state index contributed by atoms with van der Waals surface area (Å²) >= 11 is 3.35. The third-order valence-corrected chi connectivity index (χ3v) is 2.38. The number of rotatable bonds is 0. The molecule has 0 saturated heterocycles. The summed E-state index contributed by atoms with van der Waals surface area (Å²) in [6, 6.07) is 7.67. The summed E-state index contributed by atoms with van der Waals surface area (Å²) in [5.74, 6) is 0. The summed E-state index contributed by atoms with van der Waals surface area (Å²) < 4.78 is 0.856. The highest BCUT2D eigenvalue weighted by Gasteiger charge is 2.03. The number of hydrogen-bond donors (Lipinski definition) is 0. The van der Waals surface area contributed by atoms with E-state index in [0.717, 1.165) is 15.4 Å². The molecule has 2 rings (SSSR count). The van der Waals surface area contributed by atoms with Crippen LogP contribution < -0.4 is 0 Å². The second-order valence-electron chi connectivity index (χ2n) is 2.51. The summed E-state index contributed by atoms with van der Waals surface area (Å²) in [7, 11) is 0. The first kappa shape index (κ1) is 8.14. The van der Waals surface area contributed by atoms with Crippen molar-refractivity contribution in [1.82, 2.24) is 10.2 Å². The van der Waals surface area contributed by atoms with Gasteiger partial charge in [-0.1, -0.05) is 12.1 Å². The van der Waals surface area contributed by atoms with Crippen LogP contribution in [0.3, 0.4) is 0 Å². The average molecular weight is 234 g/mol. The van der Waals surface area contributed by atoms with E-state index in [1.54, 1.807) is 0 Å².